The summed E-state index contributed by atoms with van der Waals surface area (Å²) >= 11 is 0. The number of hydrogen-bond donors (Lipinski definition) is 2. The molecule has 23 heavy (non-hydrogen) atoms. The molecule has 1 heterocycles. The minimum Gasteiger partial charge on any atom is -0.454 e. The fraction of sp³-hybridized carbons (Fsp3) is 0.278. The SMILES string of the molecule is C[NH+](CCC(=O)Nc1ccc2c(c1)OCO2)Cc1ccccc1. The van der Waals surface area contributed by atoms with Crippen LogP contribution in [0.5, 0.6) is 11.5 Å². The van der Waals surface area contributed by atoms with Gasteiger partial charge in [-0.05, 0) is 12.1 Å². The van der Waals surface area contributed by atoms with Gasteiger partial charge in [0.05, 0.1) is 20.0 Å². The first-order valence-electron chi connectivity index (χ1n) is 7.75. The van der Waals surface area contributed by atoms with Gasteiger partial charge in [0.1, 0.15) is 6.54 Å². The smallest absolute Gasteiger partial charge is 0.231 e. The topological polar surface area (TPSA) is 52.0 Å². The van der Waals surface area contributed by atoms with Crippen LogP contribution < -0.4 is 19.7 Å². The average Bonchev–Trinajstić information content (AvgIpc) is 3.01. The Hall–Kier alpha value is -2.53. The van der Waals surface area contributed by atoms with E-state index in [0.717, 1.165) is 24.5 Å². The maximum atomic E-state index is 12.1. The van der Waals surface area contributed by atoms with Crippen LogP contribution >= 0.6 is 0 Å². The van der Waals surface area contributed by atoms with E-state index in [1.54, 1.807) is 6.07 Å². The van der Waals surface area contributed by atoms with Crippen LogP contribution in [0.1, 0.15) is 12.0 Å². The third-order valence-electron chi connectivity index (χ3n) is 3.78. The van der Waals surface area contributed by atoms with E-state index in [-0.39, 0.29) is 12.7 Å². The minimum absolute atomic E-state index is 0.0104. The van der Waals surface area contributed by atoms with Crippen LogP contribution in [0.15, 0.2) is 48.5 Å². The van der Waals surface area contributed by atoms with E-state index in [9.17, 15) is 4.79 Å². The monoisotopic (exact) mass is 313 g/mol. The number of nitrogens with one attached hydrogen (secondary N) is 2. The van der Waals surface area contributed by atoms with Gasteiger partial charge in [0.15, 0.2) is 11.5 Å². The molecule has 0 saturated heterocycles. The predicted molar refractivity (Wildman–Crippen MR) is 87.7 cm³/mol. The van der Waals surface area contributed by atoms with Crippen molar-refractivity contribution in [3.8, 4) is 11.5 Å². The molecule has 1 unspecified atom stereocenters. The molecule has 0 aliphatic carbocycles. The van der Waals surface area contributed by atoms with Crippen molar-refractivity contribution < 1.29 is 19.2 Å². The number of amides is 1. The first kappa shape index (κ1) is 15.4. The number of rotatable bonds is 6. The van der Waals surface area contributed by atoms with Crippen LogP contribution in [-0.2, 0) is 11.3 Å². The van der Waals surface area contributed by atoms with Gasteiger partial charge in [-0.3, -0.25) is 4.79 Å². The quantitative estimate of drug-likeness (QED) is 0.849. The molecule has 0 fully saturated rings. The standard InChI is InChI=1S/C18H20N2O3/c1-20(12-14-5-3-2-4-6-14)10-9-18(21)19-15-7-8-16-17(11-15)23-13-22-16/h2-8,11H,9-10,12-13H2,1H3,(H,19,21)/p+1. The summed E-state index contributed by atoms with van der Waals surface area (Å²) in [5, 5.41) is 2.90. The Morgan fingerprint density at radius 3 is 2.74 bits per heavy atom. The number of ether oxygens (including phenoxy) is 2. The van der Waals surface area contributed by atoms with Crippen LogP contribution in [0.2, 0.25) is 0 Å². The van der Waals surface area contributed by atoms with Crippen LogP contribution in [-0.4, -0.2) is 26.3 Å². The number of quaternary nitrogens is 1. The summed E-state index contributed by atoms with van der Waals surface area (Å²) in [7, 11) is 2.10. The van der Waals surface area contributed by atoms with Crippen LogP contribution in [0.25, 0.3) is 0 Å². The molecule has 1 atom stereocenters. The van der Waals surface area contributed by atoms with Crippen molar-refractivity contribution in [1.29, 1.82) is 0 Å². The summed E-state index contributed by atoms with van der Waals surface area (Å²) in [6.07, 6.45) is 0.479. The summed E-state index contributed by atoms with van der Waals surface area (Å²) in [4.78, 5) is 13.4. The molecular weight excluding hydrogens is 292 g/mol. The Kier molecular flexibility index (Phi) is 4.78. The molecule has 0 saturated carbocycles. The van der Waals surface area contributed by atoms with E-state index in [0.29, 0.717) is 12.2 Å². The highest BCUT2D eigenvalue weighted by Crippen LogP contribution is 2.34. The molecule has 3 rings (SSSR count). The average molecular weight is 313 g/mol. The number of benzene rings is 2. The second kappa shape index (κ2) is 7.15. The summed E-state index contributed by atoms with van der Waals surface area (Å²) in [5.74, 6) is 1.40. The Morgan fingerprint density at radius 2 is 1.91 bits per heavy atom. The van der Waals surface area contributed by atoms with Crippen molar-refractivity contribution in [3.05, 3.63) is 54.1 Å². The third-order valence-corrected chi connectivity index (χ3v) is 3.78. The van der Waals surface area contributed by atoms with Gasteiger partial charge in [0.25, 0.3) is 0 Å². The van der Waals surface area contributed by atoms with E-state index in [1.165, 1.54) is 10.5 Å². The molecule has 2 aromatic rings. The van der Waals surface area contributed by atoms with Crippen molar-refractivity contribution in [2.75, 3.05) is 25.7 Å². The molecule has 1 amide bonds. The zero-order valence-electron chi connectivity index (χ0n) is 13.2. The molecule has 0 spiro atoms. The van der Waals surface area contributed by atoms with E-state index in [1.807, 2.05) is 30.3 Å². The summed E-state index contributed by atoms with van der Waals surface area (Å²) in [6.45, 7) is 1.93. The van der Waals surface area contributed by atoms with Crippen LogP contribution in [0, 0.1) is 0 Å². The molecule has 0 radical (unpaired) electrons. The Labute approximate surface area is 135 Å². The van der Waals surface area contributed by atoms with Gasteiger partial charge in [-0.15, -0.1) is 0 Å². The predicted octanol–water partition coefficient (Wildman–Crippen LogP) is 1.46. The van der Waals surface area contributed by atoms with Crippen molar-refractivity contribution >= 4 is 11.6 Å². The van der Waals surface area contributed by atoms with Gasteiger partial charge in [-0.25, -0.2) is 0 Å². The zero-order chi connectivity index (χ0) is 16.1. The molecule has 1 aliphatic rings. The second-order valence-corrected chi connectivity index (χ2v) is 5.74. The van der Waals surface area contributed by atoms with Crippen LogP contribution in [0.3, 0.4) is 0 Å². The molecular formula is C18H21N2O3+. The molecule has 2 N–H and O–H groups in total. The number of fused-ring (bicyclic) bond motifs is 1. The third kappa shape index (κ3) is 4.23. The summed E-state index contributed by atoms with van der Waals surface area (Å²) in [5.41, 5.74) is 2.01. The first-order valence-corrected chi connectivity index (χ1v) is 7.75. The highest BCUT2D eigenvalue weighted by molar-refractivity contribution is 5.91. The lowest BCUT2D eigenvalue weighted by molar-refractivity contribution is -0.893. The van der Waals surface area contributed by atoms with Crippen molar-refractivity contribution in [2.45, 2.75) is 13.0 Å². The molecule has 1 aliphatic heterocycles. The number of hydrogen-bond acceptors (Lipinski definition) is 3. The van der Waals surface area contributed by atoms with E-state index >= 15 is 0 Å². The van der Waals surface area contributed by atoms with Crippen molar-refractivity contribution in [2.24, 2.45) is 0 Å². The Bertz CT molecular complexity index is 673. The van der Waals surface area contributed by atoms with Crippen molar-refractivity contribution in [1.82, 2.24) is 0 Å². The van der Waals surface area contributed by atoms with Gasteiger partial charge < -0.3 is 19.7 Å². The highest BCUT2D eigenvalue weighted by Gasteiger charge is 2.14. The lowest BCUT2D eigenvalue weighted by Gasteiger charge is -2.14. The minimum atomic E-state index is 0.0104. The van der Waals surface area contributed by atoms with Gasteiger partial charge >= 0.3 is 0 Å². The van der Waals surface area contributed by atoms with Gasteiger partial charge in [0.2, 0.25) is 12.7 Å². The molecule has 2 aromatic carbocycles. The van der Waals surface area contributed by atoms with Gasteiger partial charge in [0, 0.05) is 17.3 Å². The largest absolute Gasteiger partial charge is 0.454 e. The van der Waals surface area contributed by atoms with E-state index in [2.05, 4.69) is 24.5 Å². The maximum Gasteiger partial charge on any atom is 0.231 e. The van der Waals surface area contributed by atoms with Gasteiger partial charge in [-0.1, -0.05) is 30.3 Å². The van der Waals surface area contributed by atoms with Crippen LogP contribution in [0.4, 0.5) is 5.69 Å². The lowest BCUT2D eigenvalue weighted by Crippen LogP contribution is -3.07. The number of anilines is 1. The normalized spacial score (nSPS) is 13.6. The highest BCUT2D eigenvalue weighted by atomic mass is 16.7. The molecule has 5 nitrogen and oxygen atoms in total. The molecule has 0 bridgehead atoms. The van der Waals surface area contributed by atoms with Gasteiger partial charge in [-0.2, -0.15) is 0 Å². The lowest BCUT2D eigenvalue weighted by atomic mass is 10.2. The number of carbonyl (C=O) groups excluding carboxylic acids is 1. The first-order chi connectivity index (χ1) is 11.2. The molecule has 5 heteroatoms. The zero-order valence-corrected chi connectivity index (χ0v) is 13.2. The molecule has 120 valence electrons. The van der Waals surface area contributed by atoms with Crippen molar-refractivity contribution in [3.63, 3.8) is 0 Å². The second-order valence-electron chi connectivity index (χ2n) is 5.74. The molecule has 0 aromatic heterocycles. The summed E-state index contributed by atoms with van der Waals surface area (Å²) in [6, 6.07) is 15.7. The maximum absolute atomic E-state index is 12.1. The fourth-order valence-corrected chi connectivity index (χ4v) is 2.56. The number of carbonyl (C=O) groups is 1. The fourth-order valence-electron chi connectivity index (χ4n) is 2.56. The van der Waals surface area contributed by atoms with E-state index in [4.69, 9.17) is 9.47 Å². The Morgan fingerprint density at radius 1 is 1.13 bits per heavy atom. The Balaban J connectivity index is 1.46. The van der Waals surface area contributed by atoms with E-state index < -0.39 is 0 Å². The summed E-state index contributed by atoms with van der Waals surface area (Å²) < 4.78 is 10.6.